The number of nitrogens with one attached hydrogen (secondary N) is 1. The highest BCUT2D eigenvalue weighted by atomic mass is 16.5. The van der Waals surface area contributed by atoms with Crippen LogP contribution in [0.3, 0.4) is 0 Å². The van der Waals surface area contributed by atoms with Crippen molar-refractivity contribution in [2.24, 2.45) is 0 Å². The van der Waals surface area contributed by atoms with Gasteiger partial charge >= 0.3 is 5.97 Å². The molecule has 0 spiro atoms. The Labute approximate surface area is 109 Å². The van der Waals surface area contributed by atoms with Gasteiger partial charge in [-0.1, -0.05) is 11.6 Å². The molecule has 2 rings (SSSR count). The van der Waals surface area contributed by atoms with Crippen molar-refractivity contribution in [3.8, 4) is 5.75 Å². The highest BCUT2D eigenvalue weighted by Crippen LogP contribution is 2.22. The van der Waals surface area contributed by atoms with Crippen LogP contribution < -0.4 is 4.74 Å². The van der Waals surface area contributed by atoms with E-state index < -0.39 is 5.97 Å². The zero-order valence-corrected chi connectivity index (χ0v) is 10.4. The molecule has 1 aromatic carbocycles. The van der Waals surface area contributed by atoms with Gasteiger partial charge in [-0.25, -0.2) is 4.79 Å². The Hall–Kier alpha value is -2.63. The number of methoxy groups -OCH3 is 1. The van der Waals surface area contributed by atoms with Crippen LogP contribution in [0.25, 0.3) is 0 Å². The van der Waals surface area contributed by atoms with Crippen LogP contribution in [0.4, 0.5) is 0 Å². The van der Waals surface area contributed by atoms with E-state index in [1.807, 2.05) is 13.0 Å². The van der Waals surface area contributed by atoms with Gasteiger partial charge in [0.2, 0.25) is 5.78 Å². The fourth-order valence-electron chi connectivity index (χ4n) is 1.68. The number of ketones is 1. The summed E-state index contributed by atoms with van der Waals surface area (Å²) in [7, 11) is 1.47. The van der Waals surface area contributed by atoms with Crippen LogP contribution >= 0.6 is 0 Å². The third-order valence-corrected chi connectivity index (χ3v) is 2.64. The molecule has 0 aliphatic carbocycles. The molecule has 1 aromatic heterocycles. The molecule has 0 fully saturated rings. The Kier molecular flexibility index (Phi) is 3.33. The highest BCUT2D eigenvalue weighted by molar-refractivity contribution is 6.10. The summed E-state index contributed by atoms with van der Waals surface area (Å²) in [5.74, 6) is -1.12. The Morgan fingerprint density at radius 3 is 2.63 bits per heavy atom. The number of nitrogens with zero attached hydrogens (tertiary/aromatic N) is 1. The number of hydrogen-bond acceptors (Lipinski definition) is 4. The molecule has 19 heavy (non-hydrogen) atoms. The van der Waals surface area contributed by atoms with Crippen LogP contribution in [0.2, 0.25) is 0 Å². The fraction of sp³-hybridized carbons (Fsp3) is 0.154. The smallest absolute Gasteiger partial charge is 0.353 e. The van der Waals surface area contributed by atoms with Crippen LogP contribution in [0, 0.1) is 6.92 Å². The second kappa shape index (κ2) is 4.93. The summed E-state index contributed by atoms with van der Waals surface area (Å²) in [6, 6.07) is 6.39. The van der Waals surface area contributed by atoms with Crippen molar-refractivity contribution in [2.75, 3.05) is 7.11 Å². The highest BCUT2D eigenvalue weighted by Gasteiger charge is 2.19. The van der Waals surface area contributed by atoms with Gasteiger partial charge in [-0.05, 0) is 19.1 Å². The summed E-state index contributed by atoms with van der Waals surface area (Å²) in [4.78, 5) is 23.0. The zero-order valence-electron chi connectivity index (χ0n) is 10.4. The lowest BCUT2D eigenvalue weighted by molar-refractivity contribution is 0.0690. The fourth-order valence-corrected chi connectivity index (χ4v) is 1.68. The van der Waals surface area contributed by atoms with Gasteiger partial charge in [-0.2, -0.15) is 5.10 Å². The molecular weight excluding hydrogens is 248 g/mol. The largest absolute Gasteiger partial charge is 0.496 e. The summed E-state index contributed by atoms with van der Waals surface area (Å²) < 4.78 is 5.12. The molecular formula is C13H12N2O4. The number of rotatable bonds is 4. The first kappa shape index (κ1) is 12.8. The molecule has 0 aliphatic heterocycles. The van der Waals surface area contributed by atoms with Crippen molar-refractivity contribution in [1.82, 2.24) is 10.2 Å². The quantitative estimate of drug-likeness (QED) is 0.815. The normalized spacial score (nSPS) is 10.2. The zero-order chi connectivity index (χ0) is 14.0. The number of aryl methyl sites for hydroxylation is 1. The van der Waals surface area contributed by atoms with Crippen molar-refractivity contribution in [3.63, 3.8) is 0 Å². The molecule has 0 amide bonds. The minimum absolute atomic E-state index is 0.0429. The molecule has 0 atom stereocenters. The average Bonchev–Trinajstić information content (AvgIpc) is 2.87. The van der Waals surface area contributed by atoms with Gasteiger partial charge in [0.25, 0.3) is 0 Å². The number of carbonyl (C=O) groups excluding carboxylic acids is 1. The van der Waals surface area contributed by atoms with E-state index in [2.05, 4.69) is 10.2 Å². The molecule has 0 saturated carbocycles. The number of hydrogen-bond donors (Lipinski definition) is 2. The molecule has 0 aliphatic rings. The van der Waals surface area contributed by atoms with Crippen LogP contribution in [-0.2, 0) is 0 Å². The van der Waals surface area contributed by atoms with Crippen molar-refractivity contribution in [3.05, 3.63) is 46.8 Å². The second-order valence-electron chi connectivity index (χ2n) is 4.00. The standard InChI is InChI=1S/C13H12N2O4/c1-7-3-4-11(19-2)8(5-7)12(16)9-6-10(13(17)18)15-14-9/h3-6H,1-2H3,(H,14,15)(H,17,18). The number of aromatic nitrogens is 2. The molecule has 0 bridgehead atoms. The molecule has 1 heterocycles. The van der Waals surface area contributed by atoms with E-state index in [9.17, 15) is 9.59 Å². The number of benzene rings is 1. The SMILES string of the molecule is COc1ccc(C)cc1C(=O)c1cc(C(=O)O)[nH]n1. The predicted octanol–water partition coefficient (Wildman–Crippen LogP) is 1.66. The van der Waals surface area contributed by atoms with E-state index in [4.69, 9.17) is 9.84 Å². The summed E-state index contributed by atoms with van der Waals surface area (Å²) in [6.07, 6.45) is 0. The Bertz CT molecular complexity index is 646. The van der Waals surface area contributed by atoms with E-state index in [0.29, 0.717) is 11.3 Å². The maximum Gasteiger partial charge on any atom is 0.353 e. The molecule has 98 valence electrons. The Morgan fingerprint density at radius 2 is 2.05 bits per heavy atom. The number of carboxylic acids is 1. The number of ether oxygens (including phenoxy) is 1. The topological polar surface area (TPSA) is 92.3 Å². The first-order chi connectivity index (χ1) is 9.02. The molecule has 0 saturated heterocycles. The maximum atomic E-state index is 12.3. The average molecular weight is 260 g/mol. The lowest BCUT2D eigenvalue weighted by Crippen LogP contribution is -2.05. The molecule has 2 aromatic rings. The van der Waals surface area contributed by atoms with Gasteiger partial charge in [0, 0.05) is 6.07 Å². The third kappa shape index (κ3) is 2.47. The van der Waals surface area contributed by atoms with E-state index in [0.717, 1.165) is 5.56 Å². The lowest BCUT2D eigenvalue weighted by Gasteiger charge is -2.06. The van der Waals surface area contributed by atoms with E-state index in [1.54, 1.807) is 12.1 Å². The number of carbonyl (C=O) groups is 2. The first-order valence-electron chi connectivity index (χ1n) is 5.51. The first-order valence-corrected chi connectivity index (χ1v) is 5.51. The van der Waals surface area contributed by atoms with Gasteiger partial charge in [-0.3, -0.25) is 9.89 Å². The third-order valence-electron chi connectivity index (χ3n) is 2.64. The van der Waals surface area contributed by atoms with Crippen molar-refractivity contribution < 1.29 is 19.4 Å². The number of aromatic carboxylic acids is 1. The van der Waals surface area contributed by atoms with E-state index in [1.165, 1.54) is 13.2 Å². The van der Waals surface area contributed by atoms with Crippen molar-refractivity contribution >= 4 is 11.8 Å². The van der Waals surface area contributed by atoms with Gasteiger partial charge in [0.1, 0.15) is 17.1 Å². The number of H-pyrrole nitrogens is 1. The number of aromatic amines is 1. The van der Waals surface area contributed by atoms with Crippen molar-refractivity contribution in [2.45, 2.75) is 6.92 Å². The second-order valence-corrected chi connectivity index (χ2v) is 4.00. The van der Waals surface area contributed by atoms with Crippen molar-refractivity contribution in [1.29, 1.82) is 0 Å². The predicted molar refractivity (Wildman–Crippen MR) is 66.7 cm³/mol. The summed E-state index contributed by atoms with van der Waals surface area (Å²) in [6.45, 7) is 1.85. The van der Waals surface area contributed by atoms with Gasteiger partial charge in [0.05, 0.1) is 12.7 Å². The maximum absolute atomic E-state index is 12.3. The van der Waals surface area contributed by atoms with Crippen LogP contribution in [-0.4, -0.2) is 34.2 Å². The molecule has 6 heteroatoms. The summed E-state index contributed by atoms with van der Waals surface area (Å²) >= 11 is 0. The van der Waals surface area contributed by atoms with Gasteiger partial charge in [-0.15, -0.1) is 0 Å². The lowest BCUT2D eigenvalue weighted by atomic mass is 10.0. The molecule has 0 radical (unpaired) electrons. The molecule has 2 N–H and O–H groups in total. The van der Waals surface area contributed by atoms with Crippen LogP contribution in [0.1, 0.15) is 32.1 Å². The monoisotopic (exact) mass is 260 g/mol. The minimum atomic E-state index is -1.16. The summed E-state index contributed by atoms with van der Waals surface area (Å²) in [5.41, 5.74) is 1.17. The van der Waals surface area contributed by atoms with Crippen LogP contribution in [0.5, 0.6) is 5.75 Å². The van der Waals surface area contributed by atoms with Gasteiger partial charge < -0.3 is 9.84 Å². The summed E-state index contributed by atoms with van der Waals surface area (Å²) in [5, 5.41) is 14.8. The molecule has 0 unspecified atom stereocenters. The minimum Gasteiger partial charge on any atom is -0.496 e. The Morgan fingerprint density at radius 1 is 1.32 bits per heavy atom. The number of carboxylic acid groups (broad SMARTS) is 1. The van der Waals surface area contributed by atoms with Gasteiger partial charge in [0.15, 0.2) is 0 Å². The molecule has 6 nitrogen and oxygen atoms in total. The Balaban J connectivity index is 2.43. The van der Waals surface area contributed by atoms with E-state index in [-0.39, 0.29) is 17.2 Å². The van der Waals surface area contributed by atoms with Crippen LogP contribution in [0.15, 0.2) is 24.3 Å². The van der Waals surface area contributed by atoms with E-state index >= 15 is 0 Å².